The van der Waals surface area contributed by atoms with Crippen molar-refractivity contribution in [2.24, 2.45) is 0 Å². The number of para-hydroxylation sites is 3. The maximum absolute atomic E-state index is 6.53. The van der Waals surface area contributed by atoms with Crippen molar-refractivity contribution in [3.05, 3.63) is 194 Å². The molecule has 0 fully saturated rings. The van der Waals surface area contributed by atoms with Crippen molar-refractivity contribution in [3.8, 4) is 51.0 Å². The van der Waals surface area contributed by atoms with Crippen LogP contribution in [0.1, 0.15) is 0 Å². The van der Waals surface area contributed by atoms with Crippen LogP contribution in [0.4, 0.5) is 0 Å². The molecule has 284 valence electrons. The molecule has 0 aliphatic rings. The molecule has 0 amide bonds. The molecule has 0 saturated heterocycles. The molecular formula is C55H32N4OS. The number of fused-ring (bicyclic) bond motifs is 10. The van der Waals surface area contributed by atoms with Gasteiger partial charge in [0.25, 0.3) is 0 Å². The second-order valence-electron chi connectivity index (χ2n) is 15.5. The number of benzene rings is 9. The van der Waals surface area contributed by atoms with Gasteiger partial charge in [0.2, 0.25) is 0 Å². The zero-order chi connectivity index (χ0) is 40.0. The second kappa shape index (κ2) is 13.3. The van der Waals surface area contributed by atoms with Gasteiger partial charge in [-0.3, -0.25) is 0 Å². The first-order chi connectivity index (χ1) is 30.2. The molecule has 0 spiro atoms. The fourth-order valence-electron chi connectivity index (χ4n) is 9.26. The summed E-state index contributed by atoms with van der Waals surface area (Å²) in [5.41, 5.74) is 9.83. The van der Waals surface area contributed by atoms with Gasteiger partial charge >= 0.3 is 0 Å². The van der Waals surface area contributed by atoms with Crippen molar-refractivity contribution in [1.29, 1.82) is 0 Å². The van der Waals surface area contributed by atoms with Crippen LogP contribution in [0, 0.1) is 0 Å². The van der Waals surface area contributed by atoms with E-state index < -0.39 is 0 Å². The van der Waals surface area contributed by atoms with Crippen molar-refractivity contribution < 1.29 is 4.42 Å². The van der Waals surface area contributed by atoms with Crippen LogP contribution >= 0.6 is 11.3 Å². The van der Waals surface area contributed by atoms with Gasteiger partial charge in [-0.05, 0) is 77.0 Å². The largest absolute Gasteiger partial charge is 0.455 e. The fourth-order valence-corrected chi connectivity index (χ4v) is 10.4. The number of rotatable bonds is 5. The molecule has 0 aliphatic carbocycles. The van der Waals surface area contributed by atoms with E-state index in [1.807, 2.05) is 65.9 Å². The van der Waals surface area contributed by atoms with E-state index in [1.165, 1.54) is 41.7 Å². The molecule has 4 aromatic heterocycles. The monoisotopic (exact) mass is 796 g/mol. The Morgan fingerprint density at radius 2 is 1.05 bits per heavy atom. The minimum atomic E-state index is 0.555. The van der Waals surface area contributed by atoms with Crippen LogP contribution in [-0.2, 0) is 0 Å². The van der Waals surface area contributed by atoms with Crippen LogP contribution in [0.15, 0.2) is 199 Å². The van der Waals surface area contributed by atoms with Crippen LogP contribution in [0.2, 0.25) is 0 Å². The number of nitrogens with zero attached hydrogens (tertiary/aromatic N) is 4. The minimum Gasteiger partial charge on any atom is -0.455 e. The average Bonchev–Trinajstić information content (AvgIpc) is 4.00. The molecule has 0 bridgehead atoms. The Hall–Kier alpha value is -7.93. The summed E-state index contributed by atoms with van der Waals surface area (Å²) >= 11 is 1.83. The Morgan fingerprint density at radius 1 is 0.393 bits per heavy atom. The lowest BCUT2D eigenvalue weighted by Crippen LogP contribution is -2.02. The van der Waals surface area contributed by atoms with Crippen molar-refractivity contribution >= 4 is 86.0 Å². The molecule has 0 unspecified atom stereocenters. The van der Waals surface area contributed by atoms with E-state index in [1.54, 1.807) is 0 Å². The number of hydrogen-bond donors (Lipinski definition) is 0. The Morgan fingerprint density at radius 3 is 1.93 bits per heavy atom. The Balaban J connectivity index is 1.11. The molecule has 4 heterocycles. The molecule has 0 atom stereocenters. The lowest BCUT2D eigenvalue weighted by Gasteiger charge is -2.17. The van der Waals surface area contributed by atoms with Gasteiger partial charge in [-0.1, -0.05) is 133 Å². The molecule has 0 saturated carbocycles. The zero-order valence-corrected chi connectivity index (χ0v) is 33.4. The lowest BCUT2D eigenvalue weighted by molar-refractivity contribution is 0.669. The molecule has 0 radical (unpaired) electrons. The van der Waals surface area contributed by atoms with Crippen LogP contribution in [0.3, 0.4) is 0 Å². The Kier molecular flexibility index (Phi) is 7.41. The Bertz CT molecular complexity index is 3900. The summed E-state index contributed by atoms with van der Waals surface area (Å²) in [6.45, 7) is 0. The standard InChI is InChI=1S/C55H32N4OS/c1-2-14-33(15-3-1)53-56-54(58-55(57-53)42-23-12-22-40-38-19-7-10-25-48(38)60-52(40)42)36-28-29-46(44(31-36)39-21-13-27-50-51(39)41-20-8-11-26-49(41)61-50)59-45-24-9-6-18-37(45)43-30-34-16-4-5-17-35(34)32-47(43)59/h1-32H. The third kappa shape index (κ3) is 5.29. The number of thiophene rings is 1. The van der Waals surface area contributed by atoms with E-state index in [-0.39, 0.29) is 0 Å². The molecule has 13 rings (SSSR count). The SMILES string of the molecule is c1ccc(-c2nc(-c3ccc(-n4c5ccccc5c5cc6ccccc6cc54)c(-c4cccc5sc6ccccc6c45)c3)nc(-c3cccc4c3oc3ccccc34)n2)cc1. The van der Waals surface area contributed by atoms with E-state index in [4.69, 9.17) is 19.4 Å². The van der Waals surface area contributed by atoms with Gasteiger partial charge in [0.05, 0.1) is 22.3 Å². The van der Waals surface area contributed by atoms with Crippen LogP contribution in [0.5, 0.6) is 0 Å². The summed E-state index contributed by atoms with van der Waals surface area (Å²) in [5.74, 6) is 1.74. The topological polar surface area (TPSA) is 56.7 Å². The molecule has 6 heteroatoms. The van der Waals surface area contributed by atoms with E-state index in [9.17, 15) is 0 Å². The summed E-state index contributed by atoms with van der Waals surface area (Å²) < 4.78 is 11.5. The minimum absolute atomic E-state index is 0.555. The van der Waals surface area contributed by atoms with Crippen LogP contribution < -0.4 is 0 Å². The summed E-state index contributed by atoms with van der Waals surface area (Å²) in [6, 6.07) is 68.7. The maximum Gasteiger partial charge on any atom is 0.167 e. The molecule has 0 N–H and O–H groups in total. The normalized spacial score (nSPS) is 11.9. The van der Waals surface area contributed by atoms with Crippen LogP contribution in [0.25, 0.3) is 126 Å². The molecule has 0 aliphatic heterocycles. The first-order valence-electron chi connectivity index (χ1n) is 20.4. The third-order valence-electron chi connectivity index (χ3n) is 12.0. The fraction of sp³-hybridized carbons (Fsp3) is 0. The number of hydrogen-bond acceptors (Lipinski definition) is 5. The van der Waals surface area contributed by atoms with Gasteiger partial charge in [0, 0.05) is 58.4 Å². The van der Waals surface area contributed by atoms with Gasteiger partial charge < -0.3 is 8.98 Å². The molecular weight excluding hydrogens is 765 g/mol. The van der Waals surface area contributed by atoms with Crippen molar-refractivity contribution in [3.63, 3.8) is 0 Å². The summed E-state index contributed by atoms with van der Waals surface area (Å²) in [7, 11) is 0. The lowest BCUT2D eigenvalue weighted by atomic mass is 9.95. The highest BCUT2D eigenvalue weighted by Gasteiger charge is 2.22. The third-order valence-corrected chi connectivity index (χ3v) is 13.2. The van der Waals surface area contributed by atoms with Gasteiger partial charge in [-0.2, -0.15) is 0 Å². The molecule has 9 aromatic carbocycles. The van der Waals surface area contributed by atoms with Crippen LogP contribution in [-0.4, -0.2) is 19.5 Å². The average molecular weight is 797 g/mol. The first-order valence-corrected chi connectivity index (χ1v) is 21.2. The van der Waals surface area contributed by atoms with Gasteiger partial charge in [0.15, 0.2) is 17.5 Å². The summed E-state index contributed by atoms with van der Waals surface area (Å²) in [4.78, 5) is 15.7. The van der Waals surface area contributed by atoms with E-state index >= 15 is 0 Å². The quantitative estimate of drug-likeness (QED) is 0.174. The van der Waals surface area contributed by atoms with E-state index in [0.29, 0.717) is 17.5 Å². The van der Waals surface area contributed by atoms with Gasteiger partial charge in [-0.25, -0.2) is 15.0 Å². The Labute approximate surface area is 353 Å². The highest BCUT2D eigenvalue weighted by molar-refractivity contribution is 7.25. The van der Waals surface area contributed by atoms with E-state index in [0.717, 1.165) is 66.5 Å². The smallest absolute Gasteiger partial charge is 0.167 e. The molecule has 5 nitrogen and oxygen atoms in total. The maximum atomic E-state index is 6.53. The number of furan rings is 1. The zero-order valence-electron chi connectivity index (χ0n) is 32.6. The van der Waals surface area contributed by atoms with Crippen molar-refractivity contribution in [2.75, 3.05) is 0 Å². The van der Waals surface area contributed by atoms with Gasteiger partial charge in [-0.15, -0.1) is 11.3 Å². The number of aromatic nitrogens is 4. The highest BCUT2D eigenvalue weighted by atomic mass is 32.1. The predicted molar refractivity (Wildman–Crippen MR) is 254 cm³/mol. The first kappa shape index (κ1) is 34.0. The second-order valence-corrected chi connectivity index (χ2v) is 16.6. The molecule has 13 aromatic rings. The van der Waals surface area contributed by atoms with E-state index in [2.05, 4.69) is 144 Å². The van der Waals surface area contributed by atoms with Crippen molar-refractivity contribution in [2.45, 2.75) is 0 Å². The molecule has 61 heavy (non-hydrogen) atoms. The summed E-state index contributed by atoms with van der Waals surface area (Å²) in [5, 5.41) is 9.43. The highest BCUT2D eigenvalue weighted by Crippen LogP contribution is 2.45. The summed E-state index contributed by atoms with van der Waals surface area (Å²) in [6.07, 6.45) is 0. The predicted octanol–water partition coefficient (Wildman–Crippen LogP) is 15.1. The van der Waals surface area contributed by atoms with Gasteiger partial charge in [0.1, 0.15) is 11.2 Å². The van der Waals surface area contributed by atoms with Crippen molar-refractivity contribution in [1.82, 2.24) is 19.5 Å².